The number of hydrogen-bond donors (Lipinski definition) is 2. The van der Waals surface area contributed by atoms with E-state index >= 15 is 0 Å². The number of nitrogens with two attached hydrogens (primary N) is 1. The van der Waals surface area contributed by atoms with Gasteiger partial charge in [-0.15, -0.1) is 0 Å². The van der Waals surface area contributed by atoms with Gasteiger partial charge in [0.2, 0.25) is 5.91 Å². The van der Waals surface area contributed by atoms with Crippen LogP contribution in [0.4, 0.5) is 11.4 Å². The summed E-state index contributed by atoms with van der Waals surface area (Å²) in [5.74, 6) is 2.69. The summed E-state index contributed by atoms with van der Waals surface area (Å²) in [7, 11) is 0. The van der Waals surface area contributed by atoms with E-state index < -0.39 is 0 Å². The number of nitrogens with one attached hydrogen (secondary N) is 1. The van der Waals surface area contributed by atoms with Crippen LogP contribution in [0.3, 0.4) is 0 Å². The van der Waals surface area contributed by atoms with Crippen molar-refractivity contribution in [3.63, 3.8) is 0 Å². The largest absolute Gasteiger partial charge is 0.397 e. The van der Waals surface area contributed by atoms with Crippen molar-refractivity contribution in [3.05, 3.63) is 23.2 Å². The predicted molar refractivity (Wildman–Crippen MR) is 85.9 cm³/mol. The average Bonchev–Trinajstić information content (AvgIpc) is 2.33. The number of carbonyl (C=O) groups is 1. The number of halogens is 1. The van der Waals surface area contributed by atoms with E-state index in [0.29, 0.717) is 22.8 Å². The first-order valence-corrected chi connectivity index (χ1v) is 7.95. The van der Waals surface area contributed by atoms with Crippen LogP contribution in [0.5, 0.6) is 0 Å². The molecule has 0 heterocycles. The molecule has 1 aromatic rings. The van der Waals surface area contributed by atoms with Gasteiger partial charge in [-0.1, -0.05) is 25.4 Å². The predicted octanol–water partition coefficient (Wildman–Crippen LogP) is 4.03. The van der Waals surface area contributed by atoms with Gasteiger partial charge < -0.3 is 11.1 Å². The molecule has 19 heavy (non-hydrogen) atoms. The van der Waals surface area contributed by atoms with E-state index in [9.17, 15) is 4.79 Å². The lowest BCUT2D eigenvalue weighted by Crippen LogP contribution is -2.12. The van der Waals surface area contributed by atoms with Gasteiger partial charge in [-0.2, -0.15) is 11.8 Å². The van der Waals surface area contributed by atoms with Crippen molar-refractivity contribution in [3.8, 4) is 0 Å². The van der Waals surface area contributed by atoms with E-state index in [1.165, 1.54) is 6.42 Å². The van der Waals surface area contributed by atoms with Gasteiger partial charge in [-0.05, 0) is 36.3 Å². The number of anilines is 2. The van der Waals surface area contributed by atoms with Crippen LogP contribution in [0.25, 0.3) is 0 Å². The highest BCUT2D eigenvalue weighted by Crippen LogP contribution is 2.22. The fourth-order valence-electron chi connectivity index (χ4n) is 1.43. The number of rotatable bonds is 7. The molecule has 0 aliphatic heterocycles. The summed E-state index contributed by atoms with van der Waals surface area (Å²) in [4.78, 5) is 11.7. The van der Waals surface area contributed by atoms with Crippen LogP contribution < -0.4 is 11.1 Å². The van der Waals surface area contributed by atoms with E-state index in [0.717, 1.165) is 17.4 Å². The fourth-order valence-corrected chi connectivity index (χ4v) is 2.72. The fraction of sp³-hybridized carbons (Fsp3) is 0.500. The quantitative estimate of drug-likeness (QED) is 0.590. The van der Waals surface area contributed by atoms with E-state index in [-0.39, 0.29) is 5.91 Å². The molecule has 0 aliphatic rings. The Morgan fingerprint density at radius 2 is 2.16 bits per heavy atom. The molecule has 1 aromatic carbocycles. The highest BCUT2D eigenvalue weighted by Gasteiger charge is 2.04. The van der Waals surface area contributed by atoms with Crippen LogP contribution in [0.2, 0.25) is 5.02 Å². The van der Waals surface area contributed by atoms with Crippen LogP contribution in [0, 0.1) is 5.92 Å². The van der Waals surface area contributed by atoms with Gasteiger partial charge in [0.25, 0.3) is 0 Å². The van der Waals surface area contributed by atoms with Crippen LogP contribution in [-0.4, -0.2) is 17.4 Å². The van der Waals surface area contributed by atoms with Gasteiger partial charge in [0.15, 0.2) is 0 Å². The van der Waals surface area contributed by atoms with Gasteiger partial charge >= 0.3 is 0 Å². The minimum Gasteiger partial charge on any atom is -0.397 e. The molecule has 0 unspecified atom stereocenters. The molecule has 1 amide bonds. The zero-order valence-electron chi connectivity index (χ0n) is 11.4. The Morgan fingerprint density at radius 3 is 2.79 bits per heavy atom. The first kappa shape index (κ1) is 16.2. The molecule has 0 spiro atoms. The lowest BCUT2D eigenvalue weighted by atomic mass is 10.2. The Morgan fingerprint density at radius 1 is 1.42 bits per heavy atom. The Balaban J connectivity index is 2.25. The van der Waals surface area contributed by atoms with Gasteiger partial charge in [-0.25, -0.2) is 0 Å². The highest BCUT2D eigenvalue weighted by atomic mass is 35.5. The molecular formula is C14H21ClN2OS. The summed E-state index contributed by atoms with van der Waals surface area (Å²) < 4.78 is 0. The monoisotopic (exact) mass is 300 g/mol. The number of benzene rings is 1. The van der Waals surface area contributed by atoms with Crippen LogP contribution in [0.1, 0.15) is 26.7 Å². The SMILES string of the molecule is CC(C)CCSCCC(=O)Nc1ccc(Cl)c(N)c1. The first-order chi connectivity index (χ1) is 8.99. The van der Waals surface area contributed by atoms with Gasteiger partial charge in [0, 0.05) is 17.9 Å². The minimum atomic E-state index is 0.0127. The smallest absolute Gasteiger partial charge is 0.225 e. The molecule has 0 bridgehead atoms. The molecule has 0 aliphatic carbocycles. The Labute approximate surface area is 124 Å². The maximum absolute atomic E-state index is 11.7. The molecule has 106 valence electrons. The number of nitrogen functional groups attached to an aromatic ring is 1. The topological polar surface area (TPSA) is 55.1 Å². The molecule has 0 fully saturated rings. The summed E-state index contributed by atoms with van der Waals surface area (Å²) in [5.41, 5.74) is 6.85. The normalized spacial score (nSPS) is 10.7. The molecule has 0 atom stereocenters. The Kier molecular flexibility index (Phi) is 7.10. The second-order valence-corrected chi connectivity index (χ2v) is 6.46. The van der Waals surface area contributed by atoms with E-state index in [1.807, 2.05) is 11.8 Å². The van der Waals surface area contributed by atoms with Crippen molar-refractivity contribution >= 4 is 40.6 Å². The highest BCUT2D eigenvalue weighted by molar-refractivity contribution is 7.99. The first-order valence-electron chi connectivity index (χ1n) is 6.41. The zero-order valence-corrected chi connectivity index (χ0v) is 13.0. The molecule has 3 nitrogen and oxygen atoms in total. The third-order valence-electron chi connectivity index (χ3n) is 2.59. The second kappa shape index (κ2) is 8.33. The van der Waals surface area contributed by atoms with Crippen molar-refractivity contribution in [2.24, 2.45) is 5.92 Å². The molecule has 3 N–H and O–H groups in total. The van der Waals surface area contributed by atoms with Crippen molar-refractivity contribution in [2.75, 3.05) is 22.6 Å². The van der Waals surface area contributed by atoms with Gasteiger partial charge in [-0.3, -0.25) is 4.79 Å². The third-order valence-corrected chi connectivity index (χ3v) is 3.95. The molecule has 0 saturated heterocycles. The lowest BCUT2D eigenvalue weighted by Gasteiger charge is -2.07. The molecule has 0 radical (unpaired) electrons. The maximum atomic E-state index is 11.7. The van der Waals surface area contributed by atoms with E-state index in [2.05, 4.69) is 19.2 Å². The molecule has 0 saturated carbocycles. The molecule has 5 heteroatoms. The molecule has 0 aromatic heterocycles. The average molecular weight is 301 g/mol. The van der Waals surface area contributed by atoms with E-state index in [1.54, 1.807) is 18.2 Å². The van der Waals surface area contributed by atoms with Crippen LogP contribution >= 0.6 is 23.4 Å². The van der Waals surface area contributed by atoms with Gasteiger partial charge in [0.05, 0.1) is 10.7 Å². The Bertz CT molecular complexity index is 424. The van der Waals surface area contributed by atoms with Crippen molar-refractivity contribution < 1.29 is 4.79 Å². The summed E-state index contributed by atoms with van der Waals surface area (Å²) >= 11 is 7.64. The number of hydrogen-bond acceptors (Lipinski definition) is 3. The maximum Gasteiger partial charge on any atom is 0.225 e. The standard InChI is InChI=1S/C14H21ClN2OS/c1-10(2)5-7-19-8-6-14(18)17-11-3-4-12(15)13(16)9-11/h3-4,9-10H,5-8,16H2,1-2H3,(H,17,18). The zero-order chi connectivity index (χ0) is 14.3. The lowest BCUT2D eigenvalue weighted by molar-refractivity contribution is -0.115. The third kappa shape index (κ3) is 6.73. The van der Waals surface area contributed by atoms with Crippen molar-refractivity contribution in [2.45, 2.75) is 26.7 Å². The summed E-state index contributed by atoms with van der Waals surface area (Å²) in [6.45, 7) is 4.41. The van der Waals surface area contributed by atoms with E-state index in [4.69, 9.17) is 17.3 Å². The number of carbonyl (C=O) groups excluding carboxylic acids is 1. The van der Waals surface area contributed by atoms with Crippen LogP contribution in [0.15, 0.2) is 18.2 Å². The second-order valence-electron chi connectivity index (χ2n) is 4.83. The molecular weight excluding hydrogens is 280 g/mol. The van der Waals surface area contributed by atoms with Crippen LogP contribution in [-0.2, 0) is 4.79 Å². The van der Waals surface area contributed by atoms with Crippen molar-refractivity contribution in [1.82, 2.24) is 0 Å². The van der Waals surface area contributed by atoms with Crippen molar-refractivity contribution in [1.29, 1.82) is 0 Å². The summed E-state index contributed by atoms with van der Waals surface area (Å²) in [6.07, 6.45) is 1.71. The number of amides is 1. The summed E-state index contributed by atoms with van der Waals surface area (Å²) in [5, 5.41) is 3.32. The number of thioether (sulfide) groups is 1. The Hall–Kier alpha value is -0.870. The molecule has 1 rings (SSSR count). The summed E-state index contributed by atoms with van der Waals surface area (Å²) in [6, 6.07) is 5.11. The minimum absolute atomic E-state index is 0.0127. The van der Waals surface area contributed by atoms with Gasteiger partial charge in [0.1, 0.15) is 0 Å².